The monoisotopic (exact) mass is 306 g/mol. The summed E-state index contributed by atoms with van der Waals surface area (Å²) in [5.74, 6) is -4.37. The molecule has 0 atom stereocenters. The lowest BCUT2D eigenvalue weighted by Gasteiger charge is -2.13. The van der Waals surface area contributed by atoms with Crippen LogP contribution in [0.25, 0.3) is 0 Å². The molecule has 0 saturated heterocycles. The minimum atomic E-state index is -1.77. The molecule has 1 aromatic carbocycles. The Morgan fingerprint density at radius 2 is 1.82 bits per heavy atom. The van der Waals surface area contributed by atoms with Crippen molar-refractivity contribution < 1.29 is 28.6 Å². The minimum absolute atomic E-state index is 0.0542. The van der Waals surface area contributed by atoms with Crippen LogP contribution >= 0.6 is 15.9 Å². The van der Waals surface area contributed by atoms with Crippen LogP contribution < -0.4 is 9.47 Å². The molecule has 0 bridgehead atoms. The normalized spacial score (nSPS) is 9.88. The molecule has 0 radical (unpaired) electrons. The number of carbonyl (C=O) groups is 2. The molecule has 0 unspecified atom stereocenters. The highest BCUT2D eigenvalue weighted by molar-refractivity contribution is 9.10. The number of carbonyl (C=O) groups excluding carboxylic acids is 1. The van der Waals surface area contributed by atoms with E-state index in [1.54, 1.807) is 0 Å². The number of halogens is 2. The molecule has 1 N–H and O–H groups in total. The number of hydrogen-bond acceptors (Lipinski definition) is 4. The number of ether oxygens (including phenoxy) is 2. The molecule has 0 aromatic heterocycles. The van der Waals surface area contributed by atoms with Crippen molar-refractivity contribution in [2.45, 2.75) is 0 Å². The Bertz CT molecular complexity index is 486. The van der Waals surface area contributed by atoms with Crippen molar-refractivity contribution in [3.05, 3.63) is 21.9 Å². The zero-order valence-electron chi connectivity index (χ0n) is 8.91. The third-order valence-corrected chi connectivity index (χ3v) is 2.56. The molecule has 0 fully saturated rings. The Morgan fingerprint density at radius 3 is 2.24 bits per heavy atom. The third kappa shape index (κ3) is 2.38. The maximum atomic E-state index is 13.6. The number of carboxylic acids is 1. The molecule has 17 heavy (non-hydrogen) atoms. The second-order valence-corrected chi connectivity index (χ2v) is 3.77. The number of rotatable bonds is 4. The molecular formula is C10H8BrFO5. The average molecular weight is 307 g/mol. The standard InChI is InChI=1S/C10H8BrFO5/c1-16-8-4(11)3-5(12)6(9(8)17-2)7(13)10(14)15/h3H,1-2H3,(H,14,15). The van der Waals surface area contributed by atoms with Crippen LogP contribution in [0.1, 0.15) is 10.4 Å². The summed E-state index contributed by atoms with van der Waals surface area (Å²) in [6.07, 6.45) is 0. The van der Waals surface area contributed by atoms with Crippen molar-refractivity contribution in [3.8, 4) is 11.5 Å². The molecule has 7 heteroatoms. The zero-order valence-corrected chi connectivity index (χ0v) is 10.5. The van der Waals surface area contributed by atoms with E-state index in [1.807, 2.05) is 0 Å². The van der Waals surface area contributed by atoms with Crippen molar-refractivity contribution in [2.24, 2.45) is 0 Å². The molecule has 0 aliphatic rings. The second-order valence-electron chi connectivity index (χ2n) is 2.92. The second kappa shape index (κ2) is 5.13. The van der Waals surface area contributed by atoms with Gasteiger partial charge < -0.3 is 14.6 Å². The molecule has 1 rings (SSSR count). The summed E-state index contributed by atoms with van der Waals surface area (Å²) >= 11 is 3.02. The van der Waals surface area contributed by atoms with Crippen LogP contribution in [-0.2, 0) is 4.79 Å². The van der Waals surface area contributed by atoms with E-state index in [0.717, 1.165) is 6.07 Å². The summed E-state index contributed by atoms with van der Waals surface area (Å²) in [5.41, 5.74) is -0.667. The van der Waals surface area contributed by atoms with Gasteiger partial charge in [-0.1, -0.05) is 0 Å². The van der Waals surface area contributed by atoms with Crippen LogP contribution in [0.15, 0.2) is 10.5 Å². The van der Waals surface area contributed by atoms with E-state index in [-0.39, 0.29) is 16.0 Å². The summed E-state index contributed by atoms with van der Waals surface area (Å²) < 4.78 is 23.5. The largest absolute Gasteiger partial charge is 0.492 e. The first-order valence-corrected chi connectivity index (χ1v) is 5.10. The Labute approximate surface area is 104 Å². The van der Waals surface area contributed by atoms with Crippen molar-refractivity contribution in [1.29, 1.82) is 0 Å². The fourth-order valence-electron chi connectivity index (χ4n) is 1.28. The van der Waals surface area contributed by atoms with Gasteiger partial charge >= 0.3 is 5.97 Å². The number of aliphatic carboxylic acids is 1. The summed E-state index contributed by atoms with van der Waals surface area (Å²) in [7, 11) is 2.47. The van der Waals surface area contributed by atoms with Gasteiger partial charge in [-0.05, 0) is 22.0 Å². The summed E-state index contributed by atoms with van der Waals surface area (Å²) in [6.45, 7) is 0. The highest BCUT2D eigenvalue weighted by Gasteiger charge is 2.28. The molecule has 0 aliphatic heterocycles. The van der Waals surface area contributed by atoms with E-state index >= 15 is 0 Å². The molecular weight excluding hydrogens is 299 g/mol. The van der Waals surface area contributed by atoms with Crippen LogP contribution in [0.4, 0.5) is 4.39 Å². The Morgan fingerprint density at radius 1 is 1.29 bits per heavy atom. The van der Waals surface area contributed by atoms with Gasteiger partial charge in [0.05, 0.1) is 18.7 Å². The zero-order chi connectivity index (χ0) is 13.2. The maximum Gasteiger partial charge on any atom is 0.377 e. The van der Waals surface area contributed by atoms with Gasteiger partial charge in [0.15, 0.2) is 11.5 Å². The van der Waals surface area contributed by atoms with Crippen LogP contribution in [-0.4, -0.2) is 31.1 Å². The van der Waals surface area contributed by atoms with E-state index in [9.17, 15) is 14.0 Å². The Balaban J connectivity index is 3.58. The highest BCUT2D eigenvalue weighted by Crippen LogP contribution is 2.39. The summed E-state index contributed by atoms with van der Waals surface area (Å²) in [5, 5.41) is 8.59. The molecule has 5 nitrogen and oxygen atoms in total. The number of Topliss-reactive ketones (excluding diaryl/α,β-unsaturated/α-hetero) is 1. The van der Waals surface area contributed by atoms with Crippen molar-refractivity contribution in [3.63, 3.8) is 0 Å². The first-order valence-electron chi connectivity index (χ1n) is 4.31. The van der Waals surface area contributed by atoms with E-state index in [4.69, 9.17) is 14.6 Å². The van der Waals surface area contributed by atoms with Crippen molar-refractivity contribution >= 4 is 27.7 Å². The van der Waals surface area contributed by atoms with E-state index in [2.05, 4.69) is 15.9 Å². The molecule has 0 aliphatic carbocycles. The van der Waals surface area contributed by atoms with Crippen LogP contribution in [0, 0.1) is 5.82 Å². The van der Waals surface area contributed by atoms with Gasteiger partial charge in [-0.2, -0.15) is 0 Å². The van der Waals surface area contributed by atoms with E-state index in [1.165, 1.54) is 14.2 Å². The number of ketones is 1. The van der Waals surface area contributed by atoms with E-state index < -0.39 is 23.1 Å². The molecule has 1 aromatic rings. The minimum Gasteiger partial charge on any atom is -0.492 e. The van der Waals surface area contributed by atoms with Gasteiger partial charge in [-0.25, -0.2) is 9.18 Å². The Hall–Kier alpha value is -1.63. The van der Waals surface area contributed by atoms with Crippen LogP contribution in [0.2, 0.25) is 0 Å². The molecule has 0 spiro atoms. The predicted molar refractivity (Wildman–Crippen MR) is 59.2 cm³/mol. The lowest BCUT2D eigenvalue weighted by molar-refractivity contribution is -0.131. The number of benzene rings is 1. The average Bonchev–Trinajstić information content (AvgIpc) is 2.27. The van der Waals surface area contributed by atoms with Crippen molar-refractivity contribution in [2.75, 3.05) is 14.2 Å². The summed E-state index contributed by atoms with van der Waals surface area (Å²) in [4.78, 5) is 21.9. The van der Waals surface area contributed by atoms with Gasteiger partial charge in [0, 0.05) is 0 Å². The SMILES string of the molecule is COc1c(Br)cc(F)c(C(=O)C(=O)O)c1OC. The van der Waals surface area contributed by atoms with Gasteiger partial charge in [0.1, 0.15) is 11.4 Å². The predicted octanol–water partition coefficient (Wildman–Crippen LogP) is 1.87. The topological polar surface area (TPSA) is 72.8 Å². The quantitative estimate of drug-likeness (QED) is 0.679. The van der Waals surface area contributed by atoms with Gasteiger partial charge in [0.25, 0.3) is 5.78 Å². The third-order valence-electron chi connectivity index (χ3n) is 1.97. The fraction of sp³-hybridized carbons (Fsp3) is 0.200. The van der Waals surface area contributed by atoms with Crippen molar-refractivity contribution in [1.82, 2.24) is 0 Å². The highest BCUT2D eigenvalue weighted by atomic mass is 79.9. The van der Waals surface area contributed by atoms with Crippen LogP contribution in [0.3, 0.4) is 0 Å². The number of methoxy groups -OCH3 is 2. The molecule has 92 valence electrons. The first-order chi connectivity index (χ1) is 7.93. The smallest absolute Gasteiger partial charge is 0.377 e. The van der Waals surface area contributed by atoms with Gasteiger partial charge in [-0.15, -0.1) is 0 Å². The molecule has 0 heterocycles. The molecule has 0 saturated carbocycles. The fourth-order valence-corrected chi connectivity index (χ4v) is 1.83. The lowest BCUT2D eigenvalue weighted by atomic mass is 10.1. The maximum absolute atomic E-state index is 13.6. The number of hydrogen-bond donors (Lipinski definition) is 1. The lowest BCUT2D eigenvalue weighted by Crippen LogP contribution is -2.16. The Kier molecular flexibility index (Phi) is 4.06. The number of carboxylic acid groups (broad SMARTS) is 1. The summed E-state index contributed by atoms with van der Waals surface area (Å²) in [6, 6.07) is 0.942. The van der Waals surface area contributed by atoms with E-state index in [0.29, 0.717) is 0 Å². The van der Waals surface area contributed by atoms with Gasteiger partial charge in [0.2, 0.25) is 0 Å². The molecule has 0 amide bonds. The van der Waals surface area contributed by atoms with Gasteiger partial charge in [-0.3, -0.25) is 4.79 Å². The first kappa shape index (κ1) is 13.4. The van der Waals surface area contributed by atoms with Crippen LogP contribution in [0.5, 0.6) is 11.5 Å².